The Morgan fingerprint density at radius 1 is 1.39 bits per heavy atom. The molecule has 4 heteroatoms. The number of carbonyl (C=O) groups excluding carboxylic acids is 1. The second-order valence-electron chi connectivity index (χ2n) is 6.41. The highest BCUT2D eigenvalue weighted by Gasteiger charge is 2.24. The van der Waals surface area contributed by atoms with Crippen LogP contribution in [0.4, 0.5) is 4.79 Å². The van der Waals surface area contributed by atoms with Crippen molar-refractivity contribution in [3.63, 3.8) is 0 Å². The number of nitrogens with one attached hydrogen (secondary N) is 1. The third-order valence-electron chi connectivity index (χ3n) is 2.91. The Morgan fingerprint density at radius 2 is 2.00 bits per heavy atom. The molecule has 0 saturated heterocycles. The monoisotopic (exact) mass is 256 g/mol. The molecule has 0 aromatic rings. The molecule has 1 aliphatic rings. The van der Waals surface area contributed by atoms with E-state index in [-0.39, 0.29) is 12.1 Å². The molecule has 0 aliphatic heterocycles. The second kappa shape index (κ2) is 6.41. The fourth-order valence-electron chi connectivity index (χ4n) is 1.71. The highest BCUT2D eigenvalue weighted by molar-refractivity contribution is 5.68. The van der Waals surface area contributed by atoms with Crippen molar-refractivity contribution in [3.05, 3.63) is 0 Å². The number of rotatable bonds is 6. The van der Waals surface area contributed by atoms with Crippen molar-refractivity contribution in [1.82, 2.24) is 10.2 Å². The lowest BCUT2D eigenvalue weighted by Crippen LogP contribution is -2.44. The van der Waals surface area contributed by atoms with Crippen molar-refractivity contribution >= 4 is 6.09 Å². The van der Waals surface area contributed by atoms with E-state index in [0.29, 0.717) is 6.54 Å². The van der Waals surface area contributed by atoms with Gasteiger partial charge in [0.2, 0.25) is 0 Å². The molecule has 0 spiro atoms. The van der Waals surface area contributed by atoms with Gasteiger partial charge in [0.05, 0.1) is 0 Å². The summed E-state index contributed by atoms with van der Waals surface area (Å²) < 4.78 is 5.41. The molecule has 0 radical (unpaired) electrons. The summed E-state index contributed by atoms with van der Waals surface area (Å²) in [6.07, 6.45) is 2.49. The Kier molecular flexibility index (Phi) is 5.45. The molecule has 0 atom stereocenters. The van der Waals surface area contributed by atoms with Gasteiger partial charge >= 0.3 is 6.09 Å². The predicted octanol–water partition coefficient (Wildman–Crippen LogP) is 2.63. The van der Waals surface area contributed by atoms with Crippen LogP contribution < -0.4 is 5.32 Å². The van der Waals surface area contributed by atoms with E-state index >= 15 is 0 Å². The lowest BCUT2D eigenvalue weighted by Gasteiger charge is -2.30. The van der Waals surface area contributed by atoms with E-state index in [1.807, 2.05) is 34.6 Å². The van der Waals surface area contributed by atoms with Gasteiger partial charge in [-0.2, -0.15) is 0 Å². The molecule has 0 bridgehead atoms. The normalized spacial score (nSPS) is 15.9. The summed E-state index contributed by atoms with van der Waals surface area (Å²) in [5.41, 5.74) is -0.425. The first kappa shape index (κ1) is 15.3. The summed E-state index contributed by atoms with van der Waals surface area (Å²) in [5.74, 6) is 0.874. The van der Waals surface area contributed by atoms with Crippen LogP contribution >= 0.6 is 0 Å². The number of hydrogen-bond acceptors (Lipinski definition) is 3. The van der Waals surface area contributed by atoms with Crippen LogP contribution in [0.1, 0.15) is 47.5 Å². The molecule has 1 amide bonds. The highest BCUT2D eigenvalue weighted by atomic mass is 16.6. The van der Waals surface area contributed by atoms with Crippen molar-refractivity contribution in [1.29, 1.82) is 0 Å². The molecule has 0 heterocycles. The minimum absolute atomic E-state index is 0.169. The molecule has 1 saturated carbocycles. The standard InChI is InChI=1S/C14H28N2O2/c1-11(2)16(13(17)18-14(3,4)5)9-8-15-10-12-6-7-12/h11-12,15H,6-10H2,1-5H3. The first-order valence-corrected chi connectivity index (χ1v) is 7.00. The van der Waals surface area contributed by atoms with E-state index in [9.17, 15) is 4.79 Å². The molecular formula is C14H28N2O2. The molecule has 0 unspecified atom stereocenters. The topological polar surface area (TPSA) is 41.6 Å². The molecule has 18 heavy (non-hydrogen) atoms. The van der Waals surface area contributed by atoms with Gasteiger partial charge in [0.15, 0.2) is 0 Å². The van der Waals surface area contributed by atoms with Crippen LogP contribution in [-0.4, -0.2) is 42.3 Å². The van der Waals surface area contributed by atoms with Crippen LogP contribution in [0.2, 0.25) is 0 Å². The smallest absolute Gasteiger partial charge is 0.410 e. The lowest BCUT2D eigenvalue weighted by molar-refractivity contribution is 0.0194. The van der Waals surface area contributed by atoms with Crippen LogP contribution in [0.15, 0.2) is 0 Å². The van der Waals surface area contributed by atoms with E-state index in [2.05, 4.69) is 5.32 Å². The largest absolute Gasteiger partial charge is 0.444 e. The van der Waals surface area contributed by atoms with Crippen LogP contribution in [0, 0.1) is 5.92 Å². The minimum Gasteiger partial charge on any atom is -0.444 e. The Hall–Kier alpha value is -0.770. The van der Waals surface area contributed by atoms with Gasteiger partial charge in [-0.15, -0.1) is 0 Å². The van der Waals surface area contributed by atoms with Gasteiger partial charge in [0, 0.05) is 19.1 Å². The quantitative estimate of drug-likeness (QED) is 0.743. The summed E-state index contributed by atoms with van der Waals surface area (Å²) in [7, 11) is 0. The SMILES string of the molecule is CC(C)N(CCNCC1CC1)C(=O)OC(C)(C)C. The summed E-state index contributed by atoms with van der Waals surface area (Å²) in [5, 5.41) is 3.40. The number of ether oxygens (including phenoxy) is 1. The van der Waals surface area contributed by atoms with Crippen molar-refractivity contribution in [2.45, 2.75) is 59.1 Å². The maximum absolute atomic E-state index is 12.0. The summed E-state index contributed by atoms with van der Waals surface area (Å²) in [6.45, 7) is 12.4. The Balaban J connectivity index is 2.30. The number of amides is 1. The van der Waals surface area contributed by atoms with Gasteiger partial charge in [-0.05, 0) is 59.9 Å². The number of nitrogens with zero attached hydrogens (tertiary/aromatic N) is 1. The minimum atomic E-state index is -0.425. The lowest BCUT2D eigenvalue weighted by atomic mass is 10.2. The average Bonchev–Trinajstić information content (AvgIpc) is 2.97. The first-order chi connectivity index (χ1) is 8.29. The summed E-state index contributed by atoms with van der Waals surface area (Å²) in [4.78, 5) is 13.8. The van der Waals surface area contributed by atoms with Gasteiger partial charge in [-0.3, -0.25) is 0 Å². The molecule has 4 nitrogen and oxygen atoms in total. The molecule has 106 valence electrons. The summed E-state index contributed by atoms with van der Waals surface area (Å²) >= 11 is 0. The zero-order valence-electron chi connectivity index (χ0n) is 12.5. The molecule has 1 aliphatic carbocycles. The molecule has 1 rings (SSSR count). The zero-order chi connectivity index (χ0) is 13.8. The molecule has 0 aromatic carbocycles. The van der Waals surface area contributed by atoms with E-state index < -0.39 is 5.60 Å². The van der Waals surface area contributed by atoms with Crippen LogP contribution in [0.5, 0.6) is 0 Å². The fraction of sp³-hybridized carbons (Fsp3) is 0.929. The second-order valence-corrected chi connectivity index (χ2v) is 6.41. The average molecular weight is 256 g/mol. The van der Waals surface area contributed by atoms with E-state index in [4.69, 9.17) is 4.74 Å². The maximum atomic E-state index is 12.0. The van der Waals surface area contributed by atoms with Crippen molar-refractivity contribution in [2.24, 2.45) is 5.92 Å². The fourth-order valence-corrected chi connectivity index (χ4v) is 1.71. The van der Waals surface area contributed by atoms with Crippen molar-refractivity contribution in [2.75, 3.05) is 19.6 Å². The molecule has 0 aromatic heterocycles. The third-order valence-corrected chi connectivity index (χ3v) is 2.91. The van der Waals surface area contributed by atoms with Gasteiger partial charge in [0.25, 0.3) is 0 Å². The van der Waals surface area contributed by atoms with Gasteiger partial charge in [-0.1, -0.05) is 0 Å². The van der Waals surface area contributed by atoms with E-state index in [0.717, 1.165) is 19.0 Å². The first-order valence-electron chi connectivity index (χ1n) is 7.00. The Labute approximate surface area is 111 Å². The van der Waals surface area contributed by atoms with Gasteiger partial charge < -0.3 is 15.0 Å². The van der Waals surface area contributed by atoms with Crippen molar-refractivity contribution in [3.8, 4) is 0 Å². The predicted molar refractivity (Wildman–Crippen MR) is 73.7 cm³/mol. The van der Waals surface area contributed by atoms with E-state index in [1.165, 1.54) is 12.8 Å². The van der Waals surface area contributed by atoms with Crippen LogP contribution in [-0.2, 0) is 4.74 Å². The highest BCUT2D eigenvalue weighted by Crippen LogP contribution is 2.27. The third kappa shape index (κ3) is 6.24. The van der Waals surface area contributed by atoms with Crippen LogP contribution in [0.25, 0.3) is 0 Å². The molecular weight excluding hydrogens is 228 g/mol. The summed E-state index contributed by atoms with van der Waals surface area (Å²) in [6, 6.07) is 0.169. The van der Waals surface area contributed by atoms with Gasteiger partial charge in [0.1, 0.15) is 5.60 Å². The van der Waals surface area contributed by atoms with Crippen LogP contribution in [0.3, 0.4) is 0 Å². The Bertz CT molecular complexity index is 267. The Morgan fingerprint density at radius 3 is 2.44 bits per heavy atom. The number of hydrogen-bond donors (Lipinski definition) is 1. The zero-order valence-corrected chi connectivity index (χ0v) is 12.5. The molecule has 1 fully saturated rings. The number of carbonyl (C=O) groups is 1. The van der Waals surface area contributed by atoms with E-state index in [1.54, 1.807) is 4.90 Å². The van der Waals surface area contributed by atoms with Crippen molar-refractivity contribution < 1.29 is 9.53 Å². The molecule has 1 N–H and O–H groups in total. The van der Waals surface area contributed by atoms with Gasteiger partial charge in [-0.25, -0.2) is 4.79 Å². The maximum Gasteiger partial charge on any atom is 0.410 e.